The van der Waals surface area contributed by atoms with E-state index in [2.05, 4.69) is 34.6 Å². The zero-order chi connectivity index (χ0) is 71.9. The van der Waals surface area contributed by atoms with Gasteiger partial charge >= 0.3 is 39.5 Å². The Kier molecular flexibility index (Phi) is 70.6. The molecule has 19 heteroatoms. The summed E-state index contributed by atoms with van der Waals surface area (Å²) in [5, 5.41) is 10.6. The number of rotatable bonds is 79. The van der Waals surface area contributed by atoms with Crippen molar-refractivity contribution in [2.45, 2.75) is 438 Å². The fourth-order valence-corrected chi connectivity index (χ4v) is 13.8. The number of aliphatic hydroxyl groups is 1. The first-order valence-corrected chi connectivity index (χ1v) is 44.1. The van der Waals surface area contributed by atoms with Gasteiger partial charge in [-0.15, -0.1) is 0 Å². The smallest absolute Gasteiger partial charge is 0.462 e. The molecule has 0 saturated carbocycles. The highest BCUT2D eigenvalue weighted by molar-refractivity contribution is 7.47. The van der Waals surface area contributed by atoms with E-state index in [1.54, 1.807) is 0 Å². The highest BCUT2D eigenvalue weighted by atomic mass is 31.2. The van der Waals surface area contributed by atoms with Crippen LogP contribution in [0, 0.1) is 5.92 Å². The van der Waals surface area contributed by atoms with Gasteiger partial charge in [0, 0.05) is 25.7 Å². The maximum atomic E-state index is 13.1. The Hall–Kier alpha value is -1.94. The molecule has 0 aliphatic carbocycles. The Bertz CT molecular complexity index is 1870. The van der Waals surface area contributed by atoms with Gasteiger partial charge in [-0.3, -0.25) is 37.3 Å². The van der Waals surface area contributed by atoms with Crippen LogP contribution in [0.1, 0.15) is 420 Å². The summed E-state index contributed by atoms with van der Waals surface area (Å²) in [5.41, 5.74) is 0. The summed E-state index contributed by atoms with van der Waals surface area (Å²) in [7, 11) is -9.92. The molecule has 0 spiro atoms. The number of hydrogen-bond acceptors (Lipinski definition) is 15. The molecular formula is C79H154O17P2. The van der Waals surface area contributed by atoms with Gasteiger partial charge in [-0.2, -0.15) is 0 Å². The van der Waals surface area contributed by atoms with Gasteiger partial charge in [0.15, 0.2) is 12.2 Å². The van der Waals surface area contributed by atoms with Crippen LogP contribution < -0.4 is 0 Å². The number of hydrogen-bond donors (Lipinski definition) is 3. The van der Waals surface area contributed by atoms with Gasteiger partial charge in [-0.05, 0) is 31.6 Å². The van der Waals surface area contributed by atoms with E-state index in [-0.39, 0.29) is 25.7 Å². The number of ether oxygens (including phenoxy) is 4. The molecule has 98 heavy (non-hydrogen) atoms. The molecule has 0 aliphatic heterocycles. The van der Waals surface area contributed by atoms with E-state index in [1.165, 1.54) is 244 Å². The van der Waals surface area contributed by atoms with Crippen molar-refractivity contribution in [1.29, 1.82) is 0 Å². The van der Waals surface area contributed by atoms with Crippen LogP contribution in [0.25, 0.3) is 0 Å². The third kappa shape index (κ3) is 72.4. The van der Waals surface area contributed by atoms with Gasteiger partial charge in [0.25, 0.3) is 0 Å². The van der Waals surface area contributed by atoms with E-state index >= 15 is 0 Å². The summed E-state index contributed by atoms with van der Waals surface area (Å²) >= 11 is 0. The molecule has 0 aromatic carbocycles. The lowest BCUT2D eigenvalue weighted by Gasteiger charge is -2.21. The number of unbranched alkanes of at least 4 members (excludes halogenated alkanes) is 51. The number of phosphoric ester groups is 2. The van der Waals surface area contributed by atoms with Gasteiger partial charge in [-0.25, -0.2) is 9.13 Å². The first-order valence-electron chi connectivity index (χ1n) is 41.1. The SMILES string of the molecule is CCCCCCCCCCCCCCCCCCCCC(=O)O[C@H](COC(=O)CCCCCCCCCCCCCCCC)COP(=O)(O)OC[C@@H](O)COP(=O)(O)OC[C@@H](COC(=O)CCCCCCCCCCCC(C)C)OC(=O)CCCCCCCCCCCCCCCC. The van der Waals surface area contributed by atoms with E-state index < -0.39 is 97.5 Å². The Morgan fingerprint density at radius 1 is 0.276 bits per heavy atom. The molecule has 0 heterocycles. The van der Waals surface area contributed by atoms with Crippen LogP contribution in [0.2, 0.25) is 0 Å². The predicted octanol–water partition coefficient (Wildman–Crippen LogP) is 23.6. The van der Waals surface area contributed by atoms with Crippen molar-refractivity contribution in [3.05, 3.63) is 0 Å². The molecule has 0 rings (SSSR count). The Morgan fingerprint density at radius 3 is 0.694 bits per heavy atom. The minimum atomic E-state index is -4.96. The van der Waals surface area contributed by atoms with Crippen LogP contribution in [0.5, 0.6) is 0 Å². The summed E-state index contributed by atoms with van der Waals surface area (Å²) < 4.78 is 68.7. The molecule has 5 atom stereocenters. The fraction of sp³-hybridized carbons (Fsp3) is 0.949. The molecule has 0 fully saturated rings. The molecule has 3 N–H and O–H groups in total. The molecule has 0 aromatic heterocycles. The van der Waals surface area contributed by atoms with Crippen molar-refractivity contribution < 1.29 is 80.2 Å². The minimum absolute atomic E-state index is 0.108. The van der Waals surface area contributed by atoms with E-state index in [9.17, 15) is 43.2 Å². The maximum Gasteiger partial charge on any atom is 0.472 e. The normalized spacial score (nSPS) is 13.9. The maximum absolute atomic E-state index is 13.1. The molecule has 0 radical (unpaired) electrons. The molecule has 0 bridgehead atoms. The number of esters is 4. The first-order chi connectivity index (χ1) is 47.5. The van der Waals surface area contributed by atoms with Crippen LogP contribution in [-0.2, 0) is 65.4 Å². The van der Waals surface area contributed by atoms with Gasteiger partial charge in [-0.1, -0.05) is 369 Å². The van der Waals surface area contributed by atoms with Gasteiger partial charge in [0.05, 0.1) is 26.4 Å². The quantitative estimate of drug-likeness (QED) is 0.0222. The summed E-state index contributed by atoms with van der Waals surface area (Å²) in [5.74, 6) is -1.36. The number of carbonyl (C=O) groups is 4. The first kappa shape index (κ1) is 96.1. The summed E-state index contributed by atoms with van der Waals surface area (Å²) in [6.45, 7) is 7.31. The average molecular weight is 1440 g/mol. The van der Waals surface area contributed by atoms with Gasteiger partial charge in [0.1, 0.15) is 19.3 Å². The minimum Gasteiger partial charge on any atom is -0.462 e. The summed E-state index contributed by atoms with van der Waals surface area (Å²) in [4.78, 5) is 73.0. The average Bonchev–Trinajstić information content (AvgIpc) is 1.30. The zero-order valence-corrected chi connectivity index (χ0v) is 65.7. The molecule has 0 aromatic rings. The second kappa shape index (κ2) is 72.0. The second-order valence-electron chi connectivity index (χ2n) is 28.9. The van der Waals surface area contributed by atoms with E-state index in [0.717, 1.165) is 95.8 Å². The topological polar surface area (TPSA) is 237 Å². The van der Waals surface area contributed by atoms with Gasteiger partial charge < -0.3 is 33.8 Å². The summed E-state index contributed by atoms with van der Waals surface area (Å²) in [6, 6.07) is 0. The Labute approximate surface area is 600 Å². The van der Waals surface area contributed by atoms with Crippen molar-refractivity contribution in [2.75, 3.05) is 39.6 Å². The summed E-state index contributed by atoms with van der Waals surface area (Å²) in [6.07, 6.45) is 62.3. The fourth-order valence-electron chi connectivity index (χ4n) is 12.2. The third-order valence-corrected chi connectivity index (χ3v) is 20.4. The Balaban J connectivity index is 5.25. The lowest BCUT2D eigenvalue weighted by Crippen LogP contribution is -2.30. The highest BCUT2D eigenvalue weighted by Gasteiger charge is 2.30. The number of carbonyl (C=O) groups excluding carboxylic acids is 4. The van der Waals surface area contributed by atoms with Crippen LogP contribution in [0.15, 0.2) is 0 Å². The third-order valence-electron chi connectivity index (χ3n) is 18.5. The number of aliphatic hydroxyl groups excluding tert-OH is 1. The van der Waals surface area contributed by atoms with Crippen LogP contribution in [0.4, 0.5) is 0 Å². The zero-order valence-electron chi connectivity index (χ0n) is 63.9. The van der Waals surface area contributed by atoms with E-state index in [4.69, 9.17) is 37.0 Å². The van der Waals surface area contributed by atoms with Crippen molar-refractivity contribution in [3.63, 3.8) is 0 Å². The molecule has 2 unspecified atom stereocenters. The van der Waals surface area contributed by atoms with Gasteiger partial charge in [0.2, 0.25) is 0 Å². The van der Waals surface area contributed by atoms with E-state index in [0.29, 0.717) is 25.7 Å². The highest BCUT2D eigenvalue weighted by Crippen LogP contribution is 2.45. The number of phosphoric acid groups is 2. The van der Waals surface area contributed by atoms with E-state index in [1.807, 2.05) is 0 Å². The van der Waals surface area contributed by atoms with Crippen LogP contribution in [-0.4, -0.2) is 96.7 Å². The predicted molar refractivity (Wildman–Crippen MR) is 400 cm³/mol. The lowest BCUT2D eigenvalue weighted by atomic mass is 10.0. The lowest BCUT2D eigenvalue weighted by molar-refractivity contribution is -0.161. The monoisotopic (exact) mass is 1440 g/mol. The van der Waals surface area contributed by atoms with Crippen molar-refractivity contribution in [1.82, 2.24) is 0 Å². The largest absolute Gasteiger partial charge is 0.472 e. The molecule has 0 amide bonds. The molecule has 0 aliphatic rings. The standard InChI is InChI=1S/C79H154O17P2/c1-6-9-12-15-18-21-24-27-30-31-32-33-36-39-44-50-55-60-65-79(84)95-74(68-89-76(81)62-57-52-47-42-37-34-28-25-22-19-16-13-10-7-2)70-93-97(85,86)91-66-73(80)67-92-98(87,88)94-71-75(69-90-77(82)63-58-53-48-45-40-41-46-51-56-61-72(4)5)96-78(83)64-59-54-49-43-38-35-29-26-23-20-17-14-11-8-3/h72-75,80H,6-71H2,1-5H3,(H,85,86)(H,87,88)/t73-,74-,75-/m1/s1. The van der Waals surface area contributed by atoms with Crippen LogP contribution in [0.3, 0.4) is 0 Å². The Morgan fingerprint density at radius 2 is 0.469 bits per heavy atom. The van der Waals surface area contributed by atoms with Crippen molar-refractivity contribution in [2.24, 2.45) is 5.92 Å². The van der Waals surface area contributed by atoms with Crippen LogP contribution >= 0.6 is 15.6 Å². The molecule has 17 nitrogen and oxygen atoms in total. The molecule has 582 valence electrons. The molecular weight excluding hydrogens is 1280 g/mol. The van der Waals surface area contributed by atoms with Crippen molar-refractivity contribution in [3.8, 4) is 0 Å². The molecule has 0 saturated heterocycles. The second-order valence-corrected chi connectivity index (χ2v) is 31.8. The van der Waals surface area contributed by atoms with Crippen molar-refractivity contribution >= 4 is 39.5 Å².